The minimum atomic E-state index is -0.991. The number of rotatable bonds is 4. The van der Waals surface area contributed by atoms with Gasteiger partial charge in [0.2, 0.25) is 0 Å². The van der Waals surface area contributed by atoms with Gasteiger partial charge in [-0.05, 0) is 63.9 Å². The number of carbonyl (C=O) groups excluding carboxylic acids is 1. The summed E-state index contributed by atoms with van der Waals surface area (Å²) in [6.07, 6.45) is 0.265. The minimum Gasteiger partial charge on any atom is -0.385 e. The van der Waals surface area contributed by atoms with Crippen LogP contribution in [0.25, 0.3) is 5.69 Å². The van der Waals surface area contributed by atoms with Gasteiger partial charge in [-0.3, -0.25) is 4.79 Å². The van der Waals surface area contributed by atoms with Crippen molar-refractivity contribution >= 4 is 5.91 Å². The maximum atomic E-state index is 12.7. The van der Waals surface area contributed by atoms with Crippen LogP contribution in [0.15, 0.2) is 24.3 Å². The first-order valence-electron chi connectivity index (χ1n) is 9.11. The fraction of sp³-hybridized carbons (Fsp3) is 0.476. The van der Waals surface area contributed by atoms with Crippen molar-refractivity contribution in [3.05, 3.63) is 52.3 Å². The molecule has 2 N–H and O–H groups in total. The SMILES string of the molecule is Cc1cc(C)cc(-n2c(C)cc(C(=O)NCC3(O)CCOC3C)c2C)c1. The molecule has 2 heterocycles. The van der Waals surface area contributed by atoms with Gasteiger partial charge in [0.15, 0.2) is 0 Å². The molecule has 0 saturated carbocycles. The Bertz CT molecular complexity index is 820. The highest BCUT2D eigenvalue weighted by atomic mass is 16.5. The summed E-state index contributed by atoms with van der Waals surface area (Å²) in [4.78, 5) is 12.7. The quantitative estimate of drug-likeness (QED) is 0.885. The molecule has 0 aliphatic carbocycles. The summed E-state index contributed by atoms with van der Waals surface area (Å²) in [5.41, 5.74) is 4.99. The van der Waals surface area contributed by atoms with Crippen molar-refractivity contribution in [2.24, 2.45) is 0 Å². The highest BCUT2D eigenvalue weighted by Gasteiger charge is 2.39. The number of ether oxygens (including phenoxy) is 1. The van der Waals surface area contributed by atoms with Crippen LogP contribution in [0.2, 0.25) is 0 Å². The van der Waals surface area contributed by atoms with E-state index in [9.17, 15) is 9.90 Å². The van der Waals surface area contributed by atoms with E-state index in [1.54, 1.807) is 0 Å². The smallest absolute Gasteiger partial charge is 0.253 e. The first-order valence-corrected chi connectivity index (χ1v) is 9.11. The maximum Gasteiger partial charge on any atom is 0.253 e. The molecule has 1 aliphatic heterocycles. The normalized spacial score (nSPS) is 22.6. The number of carbonyl (C=O) groups is 1. The zero-order valence-corrected chi connectivity index (χ0v) is 16.2. The Morgan fingerprint density at radius 3 is 2.46 bits per heavy atom. The second-order valence-corrected chi connectivity index (χ2v) is 7.52. The lowest BCUT2D eigenvalue weighted by molar-refractivity contribution is -0.0251. The summed E-state index contributed by atoms with van der Waals surface area (Å²) >= 11 is 0. The molecule has 0 bridgehead atoms. The van der Waals surface area contributed by atoms with E-state index in [2.05, 4.69) is 41.9 Å². The zero-order chi connectivity index (χ0) is 19.1. The molecule has 26 heavy (non-hydrogen) atoms. The Labute approximate surface area is 155 Å². The van der Waals surface area contributed by atoms with Gasteiger partial charge in [-0.15, -0.1) is 0 Å². The van der Waals surface area contributed by atoms with Crippen LogP contribution in [0, 0.1) is 27.7 Å². The van der Waals surface area contributed by atoms with E-state index >= 15 is 0 Å². The largest absolute Gasteiger partial charge is 0.385 e. The monoisotopic (exact) mass is 356 g/mol. The molecular formula is C21H28N2O3. The van der Waals surface area contributed by atoms with Crippen molar-refractivity contribution < 1.29 is 14.6 Å². The lowest BCUT2D eigenvalue weighted by Crippen LogP contribution is -2.47. The number of aliphatic hydroxyl groups is 1. The molecule has 0 spiro atoms. The molecule has 1 saturated heterocycles. The summed E-state index contributed by atoms with van der Waals surface area (Å²) in [6.45, 7) is 10.7. The van der Waals surface area contributed by atoms with Gasteiger partial charge in [-0.1, -0.05) is 6.07 Å². The molecular weight excluding hydrogens is 328 g/mol. The third kappa shape index (κ3) is 3.41. The second-order valence-electron chi connectivity index (χ2n) is 7.52. The van der Waals surface area contributed by atoms with Gasteiger partial charge in [0.25, 0.3) is 5.91 Å². The average molecular weight is 356 g/mol. The van der Waals surface area contributed by atoms with Crippen LogP contribution in [-0.2, 0) is 4.74 Å². The minimum absolute atomic E-state index is 0.166. The third-order valence-electron chi connectivity index (χ3n) is 5.36. The molecule has 2 unspecified atom stereocenters. The summed E-state index contributed by atoms with van der Waals surface area (Å²) < 4.78 is 7.53. The van der Waals surface area contributed by atoms with Crippen molar-refractivity contribution in [3.63, 3.8) is 0 Å². The van der Waals surface area contributed by atoms with Crippen LogP contribution < -0.4 is 5.32 Å². The molecule has 2 atom stereocenters. The number of nitrogens with one attached hydrogen (secondary N) is 1. The van der Waals surface area contributed by atoms with Crippen LogP contribution in [0.1, 0.15) is 46.2 Å². The van der Waals surface area contributed by atoms with E-state index in [1.807, 2.05) is 26.8 Å². The molecule has 0 radical (unpaired) electrons. The van der Waals surface area contributed by atoms with Gasteiger partial charge in [0.05, 0.1) is 11.7 Å². The van der Waals surface area contributed by atoms with Crippen molar-refractivity contribution in [1.29, 1.82) is 0 Å². The van der Waals surface area contributed by atoms with Crippen LogP contribution >= 0.6 is 0 Å². The Morgan fingerprint density at radius 2 is 1.88 bits per heavy atom. The zero-order valence-electron chi connectivity index (χ0n) is 16.2. The highest BCUT2D eigenvalue weighted by Crippen LogP contribution is 2.26. The highest BCUT2D eigenvalue weighted by molar-refractivity contribution is 5.96. The third-order valence-corrected chi connectivity index (χ3v) is 5.36. The summed E-state index contributed by atoms with van der Waals surface area (Å²) in [5, 5.41) is 13.5. The number of amides is 1. The van der Waals surface area contributed by atoms with Crippen LogP contribution in [-0.4, -0.2) is 40.4 Å². The van der Waals surface area contributed by atoms with E-state index in [0.29, 0.717) is 18.6 Å². The molecule has 1 amide bonds. The molecule has 1 aromatic heterocycles. The van der Waals surface area contributed by atoms with Gasteiger partial charge in [-0.25, -0.2) is 0 Å². The number of nitrogens with zero attached hydrogens (tertiary/aromatic N) is 1. The molecule has 5 heteroatoms. The molecule has 3 rings (SSSR count). The second kappa shape index (κ2) is 6.89. The summed E-state index contributed by atoms with van der Waals surface area (Å²) in [7, 11) is 0. The van der Waals surface area contributed by atoms with Crippen LogP contribution in [0.3, 0.4) is 0 Å². The Balaban J connectivity index is 1.84. The number of hydrogen-bond acceptors (Lipinski definition) is 3. The van der Waals surface area contributed by atoms with Crippen molar-refractivity contribution in [1.82, 2.24) is 9.88 Å². The van der Waals surface area contributed by atoms with Gasteiger partial charge in [0.1, 0.15) is 5.60 Å². The van der Waals surface area contributed by atoms with Crippen molar-refractivity contribution in [2.75, 3.05) is 13.2 Å². The van der Waals surface area contributed by atoms with E-state index in [0.717, 1.165) is 17.1 Å². The predicted octanol–water partition coefficient (Wildman–Crippen LogP) is 2.98. The van der Waals surface area contributed by atoms with E-state index in [1.165, 1.54) is 11.1 Å². The number of hydrogen-bond donors (Lipinski definition) is 2. The topological polar surface area (TPSA) is 63.5 Å². The Hall–Kier alpha value is -2.11. The Morgan fingerprint density at radius 1 is 1.23 bits per heavy atom. The maximum absolute atomic E-state index is 12.7. The molecule has 2 aromatic rings. The molecule has 140 valence electrons. The van der Waals surface area contributed by atoms with Gasteiger partial charge in [-0.2, -0.15) is 0 Å². The van der Waals surface area contributed by atoms with Crippen LogP contribution in [0.4, 0.5) is 0 Å². The standard InChI is InChI=1S/C21H28N2O3/c1-13-8-14(2)10-18(9-13)23-15(3)11-19(16(23)4)20(24)22-12-21(25)6-7-26-17(21)5/h8-11,17,25H,6-7,12H2,1-5H3,(H,22,24). The van der Waals surface area contributed by atoms with Crippen molar-refractivity contribution in [2.45, 2.75) is 52.7 Å². The number of aryl methyl sites for hydroxylation is 3. The lowest BCUT2D eigenvalue weighted by atomic mass is 9.96. The fourth-order valence-electron chi connectivity index (χ4n) is 3.80. The summed E-state index contributed by atoms with van der Waals surface area (Å²) in [6, 6.07) is 8.28. The van der Waals surface area contributed by atoms with Crippen molar-refractivity contribution in [3.8, 4) is 5.69 Å². The van der Waals surface area contributed by atoms with Gasteiger partial charge >= 0.3 is 0 Å². The molecule has 1 fully saturated rings. The first-order chi connectivity index (χ1) is 12.2. The first kappa shape index (κ1) is 18.7. The Kier molecular flexibility index (Phi) is 4.95. The van der Waals surface area contributed by atoms with E-state index < -0.39 is 5.60 Å². The van der Waals surface area contributed by atoms with E-state index in [4.69, 9.17) is 4.74 Å². The lowest BCUT2D eigenvalue weighted by Gasteiger charge is -2.26. The van der Waals surface area contributed by atoms with Gasteiger partial charge in [0, 0.05) is 36.6 Å². The molecule has 1 aromatic carbocycles. The summed E-state index contributed by atoms with van der Waals surface area (Å²) in [5.74, 6) is -0.166. The average Bonchev–Trinajstić information content (AvgIpc) is 3.04. The number of aromatic nitrogens is 1. The molecule has 5 nitrogen and oxygen atoms in total. The predicted molar refractivity (Wildman–Crippen MR) is 102 cm³/mol. The fourth-order valence-corrected chi connectivity index (χ4v) is 3.80. The number of benzene rings is 1. The van der Waals surface area contributed by atoms with Crippen LogP contribution in [0.5, 0.6) is 0 Å². The van der Waals surface area contributed by atoms with Gasteiger partial charge < -0.3 is 19.7 Å². The van der Waals surface area contributed by atoms with E-state index in [-0.39, 0.29) is 18.6 Å². The molecule has 1 aliphatic rings.